The van der Waals surface area contributed by atoms with Crippen LogP contribution in [0, 0.1) is 0 Å². The molecule has 4 N–H and O–H groups in total. The lowest BCUT2D eigenvalue weighted by molar-refractivity contribution is 0.600. The summed E-state index contributed by atoms with van der Waals surface area (Å²) in [6, 6.07) is 9.10. The summed E-state index contributed by atoms with van der Waals surface area (Å²) in [6.07, 6.45) is 0.529. The van der Waals surface area contributed by atoms with Crippen LogP contribution in [0.25, 0.3) is 11.0 Å². The van der Waals surface area contributed by atoms with Gasteiger partial charge in [-0.25, -0.2) is 13.4 Å². The first-order valence-electron chi connectivity index (χ1n) is 8.72. The molecule has 0 saturated heterocycles. The van der Waals surface area contributed by atoms with E-state index in [1.165, 1.54) is 0 Å². The smallest absolute Gasteiger partial charge is 0.232 e. The van der Waals surface area contributed by atoms with Crippen LogP contribution in [0.4, 0.5) is 23.0 Å². The van der Waals surface area contributed by atoms with Gasteiger partial charge in [0.05, 0.1) is 11.4 Å². The second-order valence-corrected chi connectivity index (χ2v) is 8.31. The van der Waals surface area contributed by atoms with Crippen LogP contribution in [0.2, 0.25) is 0 Å². The third kappa shape index (κ3) is 4.85. The molecule has 3 aromatic rings. The van der Waals surface area contributed by atoms with E-state index in [1.54, 1.807) is 12.1 Å². The average Bonchev–Trinajstić information content (AvgIpc) is 3.04. The first-order valence-corrected chi connectivity index (χ1v) is 10.4. The molecule has 10 heteroatoms. The van der Waals surface area contributed by atoms with E-state index >= 15 is 0 Å². The topological polar surface area (TPSA) is 125 Å². The minimum atomic E-state index is -3.44. The van der Waals surface area contributed by atoms with Gasteiger partial charge in [0.1, 0.15) is 16.9 Å². The van der Waals surface area contributed by atoms with Crippen molar-refractivity contribution in [1.82, 2.24) is 20.4 Å². The molecular weight excluding hydrogens is 366 g/mol. The number of H-pyrrole nitrogens is 1. The van der Waals surface area contributed by atoms with Gasteiger partial charge in [-0.2, -0.15) is 15.4 Å². The van der Waals surface area contributed by atoms with Gasteiger partial charge in [-0.3, -0.25) is 4.72 Å². The molecule has 0 radical (unpaired) electrons. The fourth-order valence-electron chi connectivity index (χ4n) is 2.55. The highest BCUT2D eigenvalue weighted by atomic mass is 32.2. The van der Waals surface area contributed by atoms with Crippen LogP contribution in [0.15, 0.2) is 30.3 Å². The molecule has 0 saturated carbocycles. The summed E-state index contributed by atoms with van der Waals surface area (Å²) in [5, 5.41) is 17.0. The number of aromatic amines is 1. The maximum Gasteiger partial charge on any atom is 0.232 e. The lowest BCUT2D eigenvalue weighted by Gasteiger charge is -2.16. The Balaban J connectivity index is 1.95. The zero-order valence-electron chi connectivity index (χ0n) is 15.4. The maximum absolute atomic E-state index is 12.2. The van der Waals surface area contributed by atoms with Crippen LogP contribution < -0.4 is 15.4 Å². The molecule has 27 heavy (non-hydrogen) atoms. The summed E-state index contributed by atoms with van der Waals surface area (Å²) < 4.78 is 27.0. The first-order chi connectivity index (χ1) is 12.9. The number of pyridine rings is 1. The van der Waals surface area contributed by atoms with Crippen LogP contribution in [0.1, 0.15) is 27.2 Å². The summed E-state index contributed by atoms with van der Waals surface area (Å²) in [5.41, 5.74) is 2.55. The Hall–Kier alpha value is -2.88. The van der Waals surface area contributed by atoms with Gasteiger partial charge < -0.3 is 10.6 Å². The molecule has 0 aliphatic carbocycles. The van der Waals surface area contributed by atoms with Crippen molar-refractivity contribution in [1.29, 1.82) is 0 Å². The highest BCUT2D eigenvalue weighted by Crippen LogP contribution is 2.28. The van der Waals surface area contributed by atoms with Crippen LogP contribution in [0.5, 0.6) is 0 Å². The largest absolute Gasteiger partial charge is 0.368 e. The molecule has 0 spiro atoms. The number of sulfonamides is 1. The molecule has 0 amide bonds. The zero-order valence-corrected chi connectivity index (χ0v) is 16.3. The Kier molecular flexibility index (Phi) is 5.45. The van der Waals surface area contributed by atoms with E-state index in [4.69, 9.17) is 0 Å². The van der Waals surface area contributed by atoms with E-state index in [9.17, 15) is 8.42 Å². The van der Waals surface area contributed by atoms with Crippen molar-refractivity contribution in [2.45, 2.75) is 33.2 Å². The molecule has 0 bridgehead atoms. The Labute approximate surface area is 158 Å². The predicted molar refractivity (Wildman–Crippen MR) is 108 cm³/mol. The number of nitrogens with zero attached hydrogens (tertiary/aromatic N) is 3. The van der Waals surface area contributed by atoms with Crippen molar-refractivity contribution in [2.24, 2.45) is 0 Å². The fourth-order valence-corrected chi connectivity index (χ4v) is 3.69. The van der Waals surface area contributed by atoms with E-state index in [2.05, 4.69) is 35.8 Å². The normalized spacial score (nSPS) is 11.7. The van der Waals surface area contributed by atoms with Gasteiger partial charge in [0.2, 0.25) is 10.0 Å². The Morgan fingerprint density at radius 1 is 1.11 bits per heavy atom. The molecule has 2 aromatic heterocycles. The second kappa shape index (κ2) is 7.78. The number of fused-ring (bicyclic) bond motifs is 1. The number of anilines is 4. The van der Waals surface area contributed by atoms with Gasteiger partial charge in [-0.1, -0.05) is 6.92 Å². The van der Waals surface area contributed by atoms with Crippen molar-refractivity contribution in [3.63, 3.8) is 0 Å². The first kappa shape index (κ1) is 18.9. The number of nitrogens with one attached hydrogen (secondary N) is 4. The van der Waals surface area contributed by atoms with Crippen molar-refractivity contribution in [2.75, 3.05) is 21.1 Å². The molecule has 1 aromatic carbocycles. The van der Waals surface area contributed by atoms with Crippen LogP contribution >= 0.6 is 0 Å². The van der Waals surface area contributed by atoms with Gasteiger partial charge in [0, 0.05) is 11.7 Å². The molecule has 9 nitrogen and oxygen atoms in total. The summed E-state index contributed by atoms with van der Waals surface area (Å²) in [4.78, 5) is 4.53. The minimum Gasteiger partial charge on any atom is -0.368 e. The van der Waals surface area contributed by atoms with E-state index in [1.807, 2.05) is 39.0 Å². The summed E-state index contributed by atoms with van der Waals surface area (Å²) in [7, 11) is -3.44. The molecule has 0 atom stereocenters. The molecule has 0 aliphatic rings. The lowest BCUT2D eigenvalue weighted by atomic mass is 10.2. The number of hydrogen-bond donors (Lipinski definition) is 4. The number of hydrogen-bond acceptors (Lipinski definition) is 7. The molecule has 2 heterocycles. The summed E-state index contributed by atoms with van der Waals surface area (Å²) >= 11 is 0. The molecule has 0 fully saturated rings. The second-order valence-electron chi connectivity index (χ2n) is 6.46. The van der Waals surface area contributed by atoms with Crippen LogP contribution in [-0.4, -0.2) is 40.6 Å². The Morgan fingerprint density at radius 3 is 2.63 bits per heavy atom. The van der Waals surface area contributed by atoms with Crippen molar-refractivity contribution in [3.05, 3.63) is 30.3 Å². The van der Waals surface area contributed by atoms with E-state index in [0.717, 1.165) is 11.2 Å². The monoisotopic (exact) mass is 389 g/mol. The Bertz CT molecular complexity index is 1030. The number of benzene rings is 1. The third-order valence-corrected chi connectivity index (χ3v) is 5.13. The van der Waals surface area contributed by atoms with Crippen molar-refractivity contribution >= 4 is 44.1 Å². The number of rotatable bonds is 8. The molecule has 0 unspecified atom stereocenters. The minimum absolute atomic E-state index is 0.0450. The van der Waals surface area contributed by atoms with Crippen molar-refractivity contribution in [3.8, 4) is 0 Å². The average molecular weight is 389 g/mol. The van der Waals surface area contributed by atoms with Gasteiger partial charge in [-0.15, -0.1) is 0 Å². The van der Waals surface area contributed by atoms with Gasteiger partial charge in [0.25, 0.3) is 0 Å². The lowest BCUT2D eigenvalue weighted by Crippen LogP contribution is -2.18. The highest BCUT2D eigenvalue weighted by Gasteiger charge is 2.14. The van der Waals surface area contributed by atoms with Crippen molar-refractivity contribution < 1.29 is 8.42 Å². The van der Waals surface area contributed by atoms with E-state index in [0.29, 0.717) is 29.3 Å². The number of aromatic nitrogens is 4. The van der Waals surface area contributed by atoms with E-state index < -0.39 is 10.0 Å². The predicted octanol–water partition coefficient (Wildman–Crippen LogP) is 3.07. The molecule has 3 rings (SSSR count). The van der Waals surface area contributed by atoms with Gasteiger partial charge in [0.15, 0.2) is 5.82 Å². The standard InChI is InChI=1S/C17H23N7O2S/c1-4-9-27(25,26)23-14-7-8-16(18-11(2)3)20-17(14)19-12-5-6-13-15(10-12)22-24-21-13/h5-8,10-11,23H,4,9H2,1-3H3,(H2,18,19,20)(H,21,22,24). The maximum atomic E-state index is 12.2. The zero-order chi connectivity index (χ0) is 19.4. The quantitative estimate of drug-likeness (QED) is 0.466. The highest BCUT2D eigenvalue weighted by molar-refractivity contribution is 7.92. The van der Waals surface area contributed by atoms with E-state index in [-0.39, 0.29) is 11.8 Å². The molecular formula is C17H23N7O2S. The fraction of sp³-hybridized carbons (Fsp3) is 0.353. The SMILES string of the molecule is CCCS(=O)(=O)Nc1ccc(NC(C)C)nc1Nc1ccc2n[nH]nc2c1. The Morgan fingerprint density at radius 2 is 1.89 bits per heavy atom. The third-order valence-electron chi connectivity index (χ3n) is 3.65. The molecule has 144 valence electrons. The summed E-state index contributed by atoms with van der Waals surface area (Å²) in [5.74, 6) is 1.10. The van der Waals surface area contributed by atoms with Crippen LogP contribution in [0.3, 0.4) is 0 Å². The van der Waals surface area contributed by atoms with Gasteiger partial charge in [-0.05, 0) is 50.6 Å². The van der Waals surface area contributed by atoms with Gasteiger partial charge >= 0.3 is 0 Å². The summed E-state index contributed by atoms with van der Waals surface area (Å²) in [6.45, 7) is 5.83. The van der Waals surface area contributed by atoms with Crippen LogP contribution in [-0.2, 0) is 10.0 Å². The molecule has 0 aliphatic heterocycles.